The molecule has 1 aliphatic rings. The SMILES string of the molecule is O=C(Nc1ccc2nc(-c3ccco3)[nH]c2c1)C1COCCN1. The van der Waals surface area contributed by atoms with Crippen molar-refractivity contribution < 1.29 is 13.9 Å². The second-order valence-corrected chi connectivity index (χ2v) is 5.37. The number of nitrogens with one attached hydrogen (secondary N) is 3. The zero-order valence-corrected chi connectivity index (χ0v) is 12.3. The first kappa shape index (κ1) is 14.0. The van der Waals surface area contributed by atoms with Gasteiger partial charge in [0.15, 0.2) is 11.6 Å². The lowest BCUT2D eigenvalue weighted by atomic mass is 10.2. The Bertz CT molecular complexity index is 819. The third-order valence-electron chi connectivity index (χ3n) is 3.74. The molecular weight excluding hydrogens is 296 g/mol. The highest BCUT2D eigenvalue weighted by atomic mass is 16.5. The van der Waals surface area contributed by atoms with Crippen molar-refractivity contribution in [3.63, 3.8) is 0 Å². The van der Waals surface area contributed by atoms with E-state index in [1.807, 2.05) is 30.3 Å². The summed E-state index contributed by atoms with van der Waals surface area (Å²) in [4.78, 5) is 19.9. The molecule has 1 fully saturated rings. The predicted octanol–water partition coefficient (Wildman–Crippen LogP) is 1.75. The van der Waals surface area contributed by atoms with Crippen molar-refractivity contribution in [2.24, 2.45) is 0 Å². The smallest absolute Gasteiger partial charge is 0.243 e. The number of ether oxygens (including phenoxy) is 1. The van der Waals surface area contributed by atoms with Gasteiger partial charge in [-0.25, -0.2) is 4.98 Å². The molecule has 23 heavy (non-hydrogen) atoms. The standard InChI is InChI=1S/C16H16N4O3/c21-16(13-9-22-7-5-17-13)18-10-3-4-11-12(8-10)20-15(19-11)14-2-1-6-23-14/h1-4,6,8,13,17H,5,7,9H2,(H,18,21)(H,19,20). The van der Waals surface area contributed by atoms with Crippen molar-refractivity contribution in [3.05, 3.63) is 36.6 Å². The highest BCUT2D eigenvalue weighted by Crippen LogP contribution is 2.23. The van der Waals surface area contributed by atoms with E-state index in [1.54, 1.807) is 6.26 Å². The predicted molar refractivity (Wildman–Crippen MR) is 85.0 cm³/mol. The van der Waals surface area contributed by atoms with E-state index in [9.17, 15) is 4.79 Å². The molecule has 1 unspecified atom stereocenters. The molecule has 0 spiro atoms. The number of hydrogen-bond acceptors (Lipinski definition) is 5. The first-order valence-electron chi connectivity index (χ1n) is 7.45. The van der Waals surface area contributed by atoms with Gasteiger partial charge in [-0.1, -0.05) is 0 Å². The number of morpholine rings is 1. The third kappa shape index (κ3) is 2.84. The molecule has 1 amide bonds. The third-order valence-corrected chi connectivity index (χ3v) is 3.74. The number of hydrogen-bond donors (Lipinski definition) is 3. The van der Waals surface area contributed by atoms with Crippen molar-refractivity contribution in [2.45, 2.75) is 6.04 Å². The summed E-state index contributed by atoms with van der Waals surface area (Å²) in [5.41, 5.74) is 2.36. The summed E-state index contributed by atoms with van der Waals surface area (Å²) in [5.74, 6) is 1.24. The molecule has 1 atom stereocenters. The lowest BCUT2D eigenvalue weighted by molar-refractivity contribution is -0.120. The van der Waals surface area contributed by atoms with Gasteiger partial charge in [-0.3, -0.25) is 4.79 Å². The van der Waals surface area contributed by atoms with E-state index >= 15 is 0 Å². The Morgan fingerprint density at radius 3 is 3.09 bits per heavy atom. The van der Waals surface area contributed by atoms with Crippen LogP contribution in [0.2, 0.25) is 0 Å². The first-order chi connectivity index (χ1) is 11.3. The fourth-order valence-electron chi connectivity index (χ4n) is 2.58. The summed E-state index contributed by atoms with van der Waals surface area (Å²) in [6, 6.07) is 8.88. The van der Waals surface area contributed by atoms with Gasteiger partial charge in [-0.15, -0.1) is 0 Å². The van der Waals surface area contributed by atoms with Crippen molar-refractivity contribution >= 4 is 22.6 Å². The second kappa shape index (κ2) is 5.86. The number of amides is 1. The molecule has 2 aromatic heterocycles. The molecule has 1 aromatic carbocycles. The van der Waals surface area contributed by atoms with Gasteiger partial charge >= 0.3 is 0 Å². The zero-order valence-electron chi connectivity index (χ0n) is 12.3. The number of furan rings is 1. The maximum atomic E-state index is 12.2. The minimum Gasteiger partial charge on any atom is -0.461 e. The van der Waals surface area contributed by atoms with E-state index in [-0.39, 0.29) is 11.9 Å². The minimum absolute atomic E-state index is 0.102. The van der Waals surface area contributed by atoms with Gasteiger partial charge in [0.05, 0.1) is 30.5 Å². The molecule has 1 saturated heterocycles. The van der Waals surface area contributed by atoms with Crippen LogP contribution >= 0.6 is 0 Å². The monoisotopic (exact) mass is 312 g/mol. The number of anilines is 1. The summed E-state index contributed by atoms with van der Waals surface area (Å²) in [5, 5.41) is 6.02. The number of nitrogens with zero attached hydrogens (tertiary/aromatic N) is 1. The van der Waals surface area contributed by atoms with Crippen LogP contribution in [0.5, 0.6) is 0 Å². The lowest BCUT2D eigenvalue weighted by Gasteiger charge is -2.22. The van der Waals surface area contributed by atoms with Crippen LogP contribution < -0.4 is 10.6 Å². The number of carbonyl (C=O) groups is 1. The molecule has 118 valence electrons. The number of aromatic amines is 1. The van der Waals surface area contributed by atoms with Gasteiger partial charge in [-0.05, 0) is 30.3 Å². The largest absolute Gasteiger partial charge is 0.461 e. The molecule has 7 heteroatoms. The van der Waals surface area contributed by atoms with Crippen LogP contribution in [0.4, 0.5) is 5.69 Å². The van der Waals surface area contributed by atoms with Gasteiger partial charge in [0, 0.05) is 12.2 Å². The van der Waals surface area contributed by atoms with Crippen LogP contribution in [-0.4, -0.2) is 41.7 Å². The van der Waals surface area contributed by atoms with Gasteiger partial charge in [0.1, 0.15) is 6.04 Å². The molecule has 4 rings (SSSR count). The van der Waals surface area contributed by atoms with Gasteiger partial charge in [-0.2, -0.15) is 0 Å². The number of aromatic nitrogens is 2. The van der Waals surface area contributed by atoms with Crippen LogP contribution in [0.25, 0.3) is 22.6 Å². The lowest BCUT2D eigenvalue weighted by Crippen LogP contribution is -2.48. The molecular formula is C16H16N4O3. The maximum Gasteiger partial charge on any atom is 0.243 e. The van der Waals surface area contributed by atoms with Crippen LogP contribution in [-0.2, 0) is 9.53 Å². The van der Waals surface area contributed by atoms with Crippen LogP contribution in [0.1, 0.15) is 0 Å². The molecule has 3 heterocycles. The van der Waals surface area contributed by atoms with E-state index in [0.717, 1.165) is 11.0 Å². The summed E-state index contributed by atoms with van der Waals surface area (Å²) in [6.45, 7) is 1.71. The highest BCUT2D eigenvalue weighted by Gasteiger charge is 2.21. The molecule has 0 bridgehead atoms. The normalized spacial score (nSPS) is 18.2. The second-order valence-electron chi connectivity index (χ2n) is 5.37. The Kier molecular flexibility index (Phi) is 3.57. The number of benzene rings is 1. The minimum atomic E-state index is -0.320. The average Bonchev–Trinajstić information content (AvgIpc) is 3.24. The summed E-state index contributed by atoms with van der Waals surface area (Å²) in [6.07, 6.45) is 1.60. The summed E-state index contributed by atoms with van der Waals surface area (Å²) in [7, 11) is 0. The number of H-pyrrole nitrogens is 1. The van der Waals surface area contributed by atoms with Gasteiger partial charge in [0.2, 0.25) is 5.91 Å². The van der Waals surface area contributed by atoms with E-state index in [2.05, 4.69) is 20.6 Å². The first-order valence-corrected chi connectivity index (χ1v) is 7.45. The maximum absolute atomic E-state index is 12.2. The van der Waals surface area contributed by atoms with Crippen molar-refractivity contribution in [1.29, 1.82) is 0 Å². The highest BCUT2D eigenvalue weighted by molar-refractivity contribution is 5.96. The summed E-state index contributed by atoms with van der Waals surface area (Å²) < 4.78 is 10.6. The van der Waals surface area contributed by atoms with Gasteiger partial charge < -0.3 is 24.8 Å². The topological polar surface area (TPSA) is 92.2 Å². The molecule has 0 radical (unpaired) electrons. The van der Waals surface area contributed by atoms with E-state index in [0.29, 0.717) is 37.0 Å². The summed E-state index contributed by atoms with van der Waals surface area (Å²) >= 11 is 0. The molecule has 7 nitrogen and oxygen atoms in total. The Morgan fingerprint density at radius 1 is 1.35 bits per heavy atom. The number of fused-ring (bicyclic) bond motifs is 1. The molecule has 0 saturated carbocycles. The average molecular weight is 312 g/mol. The van der Waals surface area contributed by atoms with E-state index in [1.165, 1.54) is 0 Å². The fraction of sp³-hybridized carbons (Fsp3) is 0.250. The van der Waals surface area contributed by atoms with Crippen LogP contribution in [0, 0.1) is 0 Å². The Morgan fingerprint density at radius 2 is 2.30 bits per heavy atom. The Balaban J connectivity index is 1.55. The molecule has 3 aromatic rings. The number of imidazole rings is 1. The van der Waals surface area contributed by atoms with E-state index < -0.39 is 0 Å². The molecule has 3 N–H and O–H groups in total. The van der Waals surface area contributed by atoms with Crippen molar-refractivity contribution in [3.8, 4) is 11.6 Å². The quantitative estimate of drug-likeness (QED) is 0.685. The van der Waals surface area contributed by atoms with Gasteiger partial charge in [0.25, 0.3) is 0 Å². The van der Waals surface area contributed by atoms with Crippen LogP contribution in [0.3, 0.4) is 0 Å². The Labute approximate surface area is 132 Å². The van der Waals surface area contributed by atoms with Crippen molar-refractivity contribution in [2.75, 3.05) is 25.1 Å². The number of carbonyl (C=O) groups excluding carboxylic acids is 1. The zero-order chi connectivity index (χ0) is 15.6. The van der Waals surface area contributed by atoms with Crippen LogP contribution in [0.15, 0.2) is 41.0 Å². The fourth-order valence-corrected chi connectivity index (χ4v) is 2.58. The van der Waals surface area contributed by atoms with Crippen molar-refractivity contribution in [1.82, 2.24) is 15.3 Å². The number of rotatable bonds is 3. The Hall–Kier alpha value is -2.64. The molecule has 1 aliphatic heterocycles. The van der Waals surface area contributed by atoms with E-state index in [4.69, 9.17) is 9.15 Å². The molecule has 0 aliphatic carbocycles.